The highest BCUT2D eigenvalue weighted by Gasteiger charge is 2.26. The standard InChI is InChI=1S/C12H19F3N4S.HI/c1-3-10-19-9(8-20-10)7-18-11(16-4-2)17-6-5-12(13,14)15;/h8H,3-7H2,1-2H3,(H2,16,17,18);1H. The molecule has 0 atom stereocenters. The Labute approximate surface area is 143 Å². The average Bonchev–Trinajstić information content (AvgIpc) is 2.82. The largest absolute Gasteiger partial charge is 0.390 e. The fraction of sp³-hybridized carbons (Fsp3) is 0.667. The second-order valence-corrected chi connectivity index (χ2v) is 5.02. The zero-order valence-corrected chi connectivity index (χ0v) is 15.1. The van der Waals surface area contributed by atoms with Crippen molar-refractivity contribution in [2.75, 3.05) is 13.1 Å². The number of guanidine groups is 1. The summed E-state index contributed by atoms with van der Waals surface area (Å²) in [7, 11) is 0. The third kappa shape index (κ3) is 9.12. The van der Waals surface area contributed by atoms with Gasteiger partial charge in [-0.05, 0) is 13.3 Å². The molecule has 1 aromatic heterocycles. The molecule has 9 heteroatoms. The van der Waals surface area contributed by atoms with Crippen LogP contribution in [0.25, 0.3) is 0 Å². The maximum absolute atomic E-state index is 12.1. The van der Waals surface area contributed by atoms with Gasteiger partial charge in [0.15, 0.2) is 5.96 Å². The number of aromatic nitrogens is 1. The van der Waals surface area contributed by atoms with Crippen LogP contribution < -0.4 is 10.6 Å². The lowest BCUT2D eigenvalue weighted by Crippen LogP contribution is -2.38. The van der Waals surface area contributed by atoms with Gasteiger partial charge in [-0.3, -0.25) is 0 Å². The van der Waals surface area contributed by atoms with Crippen LogP contribution >= 0.6 is 35.3 Å². The molecule has 1 rings (SSSR count). The molecule has 1 aromatic rings. The summed E-state index contributed by atoms with van der Waals surface area (Å²) in [6.07, 6.45) is -4.17. The molecule has 2 N–H and O–H groups in total. The summed E-state index contributed by atoms with van der Waals surface area (Å²) in [4.78, 5) is 8.58. The van der Waals surface area contributed by atoms with E-state index >= 15 is 0 Å². The van der Waals surface area contributed by atoms with E-state index in [1.54, 1.807) is 11.3 Å². The van der Waals surface area contributed by atoms with Crippen LogP contribution in [0.5, 0.6) is 0 Å². The van der Waals surface area contributed by atoms with Crippen molar-refractivity contribution in [1.29, 1.82) is 0 Å². The molecule has 21 heavy (non-hydrogen) atoms. The van der Waals surface area contributed by atoms with E-state index in [1.807, 2.05) is 19.2 Å². The molecule has 0 bridgehead atoms. The van der Waals surface area contributed by atoms with E-state index in [-0.39, 0.29) is 30.5 Å². The molecular formula is C12H20F3IN4S. The maximum atomic E-state index is 12.1. The lowest BCUT2D eigenvalue weighted by molar-refractivity contribution is -0.132. The minimum atomic E-state index is -4.16. The number of rotatable bonds is 6. The molecule has 0 aliphatic rings. The summed E-state index contributed by atoms with van der Waals surface area (Å²) in [5.41, 5.74) is 0.833. The Morgan fingerprint density at radius 2 is 2.05 bits per heavy atom. The Hall–Kier alpha value is -0.580. The number of aliphatic imine (C=N–C) groups is 1. The van der Waals surface area contributed by atoms with Gasteiger partial charge < -0.3 is 10.6 Å². The first kappa shape index (κ1) is 20.4. The molecule has 0 radical (unpaired) electrons. The molecule has 0 aliphatic heterocycles. The molecular weight excluding hydrogens is 416 g/mol. The first-order valence-corrected chi connectivity index (χ1v) is 7.34. The third-order valence-electron chi connectivity index (χ3n) is 2.35. The van der Waals surface area contributed by atoms with Crippen molar-refractivity contribution < 1.29 is 13.2 Å². The summed E-state index contributed by atoms with van der Waals surface area (Å²) in [6, 6.07) is 0. The number of thiazole rings is 1. The Morgan fingerprint density at radius 1 is 1.33 bits per heavy atom. The van der Waals surface area contributed by atoms with Gasteiger partial charge in [0.1, 0.15) is 0 Å². The Kier molecular flexibility index (Phi) is 9.92. The van der Waals surface area contributed by atoms with E-state index in [2.05, 4.69) is 20.6 Å². The third-order valence-corrected chi connectivity index (χ3v) is 3.39. The van der Waals surface area contributed by atoms with E-state index < -0.39 is 12.6 Å². The van der Waals surface area contributed by atoms with E-state index in [0.29, 0.717) is 19.0 Å². The first-order valence-electron chi connectivity index (χ1n) is 6.46. The molecule has 0 saturated heterocycles. The molecule has 122 valence electrons. The summed E-state index contributed by atoms with van der Waals surface area (Å²) in [6.45, 7) is 4.65. The molecule has 4 nitrogen and oxygen atoms in total. The zero-order valence-electron chi connectivity index (χ0n) is 12.0. The van der Waals surface area contributed by atoms with Crippen LogP contribution in [0.2, 0.25) is 0 Å². The highest BCUT2D eigenvalue weighted by molar-refractivity contribution is 14.0. The molecule has 0 spiro atoms. The van der Waals surface area contributed by atoms with Crippen molar-refractivity contribution in [1.82, 2.24) is 15.6 Å². The van der Waals surface area contributed by atoms with Gasteiger partial charge in [-0.15, -0.1) is 35.3 Å². The molecule has 0 fully saturated rings. The highest BCUT2D eigenvalue weighted by Crippen LogP contribution is 2.18. The van der Waals surface area contributed by atoms with E-state index in [1.165, 1.54) is 0 Å². The number of nitrogens with zero attached hydrogens (tertiary/aromatic N) is 2. The summed E-state index contributed by atoms with van der Waals surface area (Å²) in [5.74, 6) is 0.378. The monoisotopic (exact) mass is 436 g/mol. The lowest BCUT2D eigenvalue weighted by Gasteiger charge is -2.12. The summed E-state index contributed by atoms with van der Waals surface area (Å²) in [5, 5.41) is 8.52. The average molecular weight is 436 g/mol. The minimum Gasteiger partial charge on any atom is -0.357 e. The van der Waals surface area contributed by atoms with Gasteiger partial charge >= 0.3 is 6.18 Å². The second-order valence-electron chi connectivity index (χ2n) is 4.07. The topological polar surface area (TPSA) is 49.3 Å². The number of aryl methyl sites for hydroxylation is 1. The molecule has 1 heterocycles. The van der Waals surface area contributed by atoms with Gasteiger partial charge in [0, 0.05) is 18.5 Å². The molecule has 0 aromatic carbocycles. The number of hydrogen-bond donors (Lipinski definition) is 2. The van der Waals surface area contributed by atoms with Crippen molar-refractivity contribution in [3.05, 3.63) is 16.1 Å². The smallest absolute Gasteiger partial charge is 0.357 e. The first-order chi connectivity index (χ1) is 9.44. The van der Waals surface area contributed by atoms with Crippen molar-refractivity contribution in [2.45, 2.75) is 39.4 Å². The predicted molar refractivity (Wildman–Crippen MR) is 90.4 cm³/mol. The second kappa shape index (κ2) is 10.2. The van der Waals surface area contributed by atoms with Crippen LogP contribution in [-0.2, 0) is 13.0 Å². The van der Waals surface area contributed by atoms with Crippen molar-refractivity contribution in [3.8, 4) is 0 Å². The normalized spacial score (nSPS) is 12.0. The SMILES string of the molecule is CCNC(=NCc1csc(CC)n1)NCCC(F)(F)F.I. The summed E-state index contributed by atoms with van der Waals surface area (Å²) < 4.78 is 36.2. The number of hydrogen-bond acceptors (Lipinski definition) is 3. The Balaban J connectivity index is 0.00000400. The van der Waals surface area contributed by atoms with Crippen LogP contribution in [-0.4, -0.2) is 30.2 Å². The fourth-order valence-corrected chi connectivity index (χ4v) is 2.14. The van der Waals surface area contributed by atoms with Gasteiger partial charge in [0.05, 0.1) is 23.7 Å². The van der Waals surface area contributed by atoms with Crippen LogP contribution in [0.4, 0.5) is 13.2 Å². The van der Waals surface area contributed by atoms with Gasteiger partial charge in [0.2, 0.25) is 0 Å². The van der Waals surface area contributed by atoms with Crippen LogP contribution in [0.3, 0.4) is 0 Å². The van der Waals surface area contributed by atoms with Gasteiger partial charge in [-0.25, -0.2) is 9.98 Å². The lowest BCUT2D eigenvalue weighted by atomic mass is 10.4. The number of halogens is 4. The maximum Gasteiger partial charge on any atom is 0.390 e. The molecule has 0 aliphatic carbocycles. The summed E-state index contributed by atoms with van der Waals surface area (Å²) >= 11 is 1.57. The van der Waals surface area contributed by atoms with Crippen LogP contribution in [0.1, 0.15) is 31.0 Å². The van der Waals surface area contributed by atoms with Gasteiger partial charge in [-0.2, -0.15) is 13.2 Å². The van der Waals surface area contributed by atoms with Crippen LogP contribution in [0.15, 0.2) is 10.4 Å². The Morgan fingerprint density at radius 3 is 2.57 bits per heavy atom. The Bertz CT molecular complexity index is 434. The van der Waals surface area contributed by atoms with Crippen molar-refractivity contribution in [3.63, 3.8) is 0 Å². The quantitative estimate of drug-likeness (QED) is 0.409. The molecule has 0 saturated carbocycles. The van der Waals surface area contributed by atoms with Gasteiger partial charge in [-0.1, -0.05) is 6.92 Å². The van der Waals surface area contributed by atoms with E-state index in [9.17, 15) is 13.2 Å². The minimum absolute atomic E-state index is 0. The van der Waals surface area contributed by atoms with Crippen molar-refractivity contribution in [2.24, 2.45) is 4.99 Å². The number of alkyl halides is 3. The molecule has 0 unspecified atom stereocenters. The van der Waals surface area contributed by atoms with E-state index in [4.69, 9.17) is 0 Å². The van der Waals surface area contributed by atoms with Gasteiger partial charge in [0.25, 0.3) is 0 Å². The number of nitrogens with one attached hydrogen (secondary N) is 2. The highest BCUT2D eigenvalue weighted by atomic mass is 127. The van der Waals surface area contributed by atoms with Crippen molar-refractivity contribution >= 4 is 41.3 Å². The molecule has 0 amide bonds. The van der Waals surface area contributed by atoms with Crippen LogP contribution in [0, 0.1) is 0 Å². The predicted octanol–water partition coefficient (Wildman–Crippen LogP) is 3.33. The zero-order chi connectivity index (χ0) is 15.0. The fourth-order valence-electron chi connectivity index (χ4n) is 1.41. The van der Waals surface area contributed by atoms with E-state index in [0.717, 1.165) is 17.1 Å².